The number of hydrogen-bond donors (Lipinski definition) is 1. The number of anilines is 1. The summed E-state index contributed by atoms with van der Waals surface area (Å²) in [6.07, 6.45) is 4.34. The van der Waals surface area contributed by atoms with Gasteiger partial charge in [0.15, 0.2) is 0 Å². The third-order valence-corrected chi connectivity index (χ3v) is 6.79. The molecular formula is C26H39N3O3. The van der Waals surface area contributed by atoms with Gasteiger partial charge in [-0.15, -0.1) is 0 Å². The predicted octanol–water partition coefficient (Wildman–Crippen LogP) is 5.50. The van der Waals surface area contributed by atoms with Gasteiger partial charge >= 0.3 is 6.03 Å². The molecule has 2 fully saturated rings. The summed E-state index contributed by atoms with van der Waals surface area (Å²) in [5.74, 6) is 0.223. The Labute approximate surface area is 192 Å². The number of benzene rings is 1. The topological polar surface area (TPSA) is 69.7 Å². The highest BCUT2D eigenvalue weighted by Gasteiger charge is 2.57. The molecule has 4 amide bonds. The molecule has 3 rings (SSSR count). The molecule has 1 saturated heterocycles. The van der Waals surface area contributed by atoms with E-state index in [-0.39, 0.29) is 42.1 Å². The standard InChI is InChI=1S/C26H39N3O3/c1-17(2)15-29-25(32)28(24(31)26(29)13-8-7-9-14-26)16-22(30)27-23-20(18(3)4)11-10-12-21(23)19(5)6/h10-12,17-19H,7-9,13-16H2,1-6H3,(H,27,30). The van der Waals surface area contributed by atoms with Crippen molar-refractivity contribution in [3.05, 3.63) is 29.3 Å². The van der Waals surface area contributed by atoms with E-state index in [0.29, 0.717) is 19.4 Å². The van der Waals surface area contributed by atoms with Crippen LogP contribution in [0, 0.1) is 5.92 Å². The lowest BCUT2D eigenvalue weighted by atomic mass is 9.80. The molecule has 1 aromatic carbocycles. The summed E-state index contributed by atoms with van der Waals surface area (Å²) in [6.45, 7) is 12.8. The normalized spacial score (nSPS) is 18.5. The van der Waals surface area contributed by atoms with E-state index in [9.17, 15) is 14.4 Å². The van der Waals surface area contributed by atoms with Crippen LogP contribution >= 0.6 is 0 Å². The summed E-state index contributed by atoms with van der Waals surface area (Å²) in [4.78, 5) is 42.9. The molecule has 6 nitrogen and oxygen atoms in total. The summed E-state index contributed by atoms with van der Waals surface area (Å²) in [5, 5.41) is 3.05. The lowest BCUT2D eigenvalue weighted by Crippen LogP contribution is -2.52. The Kier molecular flexibility index (Phi) is 7.31. The Morgan fingerprint density at radius 2 is 1.53 bits per heavy atom. The Morgan fingerprint density at radius 3 is 2.03 bits per heavy atom. The number of carbonyl (C=O) groups excluding carboxylic acids is 3. The molecule has 1 spiro atoms. The Bertz CT molecular complexity index is 843. The Hall–Kier alpha value is -2.37. The first-order valence-corrected chi connectivity index (χ1v) is 12.1. The zero-order valence-electron chi connectivity index (χ0n) is 20.5. The van der Waals surface area contributed by atoms with Crippen LogP contribution in [-0.2, 0) is 9.59 Å². The average molecular weight is 442 g/mol. The van der Waals surface area contributed by atoms with E-state index in [4.69, 9.17) is 0 Å². The zero-order chi connectivity index (χ0) is 23.6. The van der Waals surface area contributed by atoms with Gasteiger partial charge in [-0.05, 0) is 41.7 Å². The molecule has 1 aromatic rings. The van der Waals surface area contributed by atoms with Gasteiger partial charge in [-0.1, -0.05) is 79.0 Å². The number of rotatable bonds is 7. The van der Waals surface area contributed by atoms with Gasteiger partial charge < -0.3 is 10.2 Å². The van der Waals surface area contributed by atoms with Crippen molar-refractivity contribution in [1.29, 1.82) is 0 Å². The average Bonchev–Trinajstić information content (AvgIpc) is 2.90. The molecule has 0 unspecified atom stereocenters. The zero-order valence-corrected chi connectivity index (χ0v) is 20.5. The second kappa shape index (κ2) is 9.63. The first-order valence-electron chi connectivity index (χ1n) is 12.1. The van der Waals surface area contributed by atoms with Crippen LogP contribution in [0.3, 0.4) is 0 Å². The smallest absolute Gasteiger partial charge is 0.324 e. The van der Waals surface area contributed by atoms with Gasteiger partial charge in [0.1, 0.15) is 12.1 Å². The number of urea groups is 1. The van der Waals surface area contributed by atoms with E-state index in [0.717, 1.165) is 36.1 Å². The number of hydrogen-bond acceptors (Lipinski definition) is 3. The SMILES string of the molecule is CC(C)CN1C(=O)N(CC(=O)Nc2c(C(C)C)cccc2C(C)C)C(=O)C12CCCCC2. The van der Waals surface area contributed by atoms with Crippen LogP contribution in [0.5, 0.6) is 0 Å². The number of amides is 4. The highest BCUT2D eigenvalue weighted by Crippen LogP contribution is 2.41. The predicted molar refractivity (Wildman–Crippen MR) is 128 cm³/mol. The van der Waals surface area contributed by atoms with E-state index in [2.05, 4.69) is 46.9 Å². The van der Waals surface area contributed by atoms with Crippen LogP contribution in [0.25, 0.3) is 0 Å². The molecule has 1 N–H and O–H groups in total. The fourth-order valence-electron chi connectivity index (χ4n) is 5.18. The molecule has 1 saturated carbocycles. The minimum absolute atomic E-state index is 0.195. The van der Waals surface area contributed by atoms with Crippen LogP contribution in [-0.4, -0.2) is 46.3 Å². The Balaban J connectivity index is 1.85. The molecule has 1 aliphatic heterocycles. The molecule has 1 aliphatic carbocycles. The van der Waals surface area contributed by atoms with Crippen molar-refractivity contribution in [2.75, 3.05) is 18.4 Å². The van der Waals surface area contributed by atoms with E-state index in [1.54, 1.807) is 4.90 Å². The van der Waals surface area contributed by atoms with Crippen molar-refractivity contribution < 1.29 is 14.4 Å². The van der Waals surface area contributed by atoms with Gasteiger partial charge in [0, 0.05) is 12.2 Å². The number of imide groups is 1. The van der Waals surface area contributed by atoms with Gasteiger partial charge in [0.25, 0.3) is 5.91 Å². The van der Waals surface area contributed by atoms with E-state index < -0.39 is 5.54 Å². The molecule has 0 bridgehead atoms. The highest BCUT2D eigenvalue weighted by molar-refractivity contribution is 6.10. The summed E-state index contributed by atoms with van der Waals surface area (Å²) in [7, 11) is 0. The molecule has 32 heavy (non-hydrogen) atoms. The van der Waals surface area contributed by atoms with Crippen LogP contribution in [0.4, 0.5) is 10.5 Å². The number of nitrogens with zero attached hydrogens (tertiary/aromatic N) is 2. The lowest BCUT2D eigenvalue weighted by Gasteiger charge is -2.39. The van der Waals surface area contributed by atoms with Crippen LogP contribution in [0.1, 0.15) is 96.6 Å². The van der Waals surface area contributed by atoms with Crippen LogP contribution in [0.2, 0.25) is 0 Å². The first kappa shape index (κ1) is 24.3. The van der Waals surface area contributed by atoms with Crippen molar-refractivity contribution in [3.63, 3.8) is 0 Å². The van der Waals surface area contributed by atoms with Gasteiger partial charge in [-0.2, -0.15) is 0 Å². The van der Waals surface area contributed by atoms with Crippen molar-refractivity contribution in [2.45, 2.75) is 91.0 Å². The van der Waals surface area contributed by atoms with Crippen LogP contribution in [0.15, 0.2) is 18.2 Å². The summed E-state index contributed by atoms with van der Waals surface area (Å²) in [6, 6.07) is 5.76. The Morgan fingerprint density at radius 1 is 0.969 bits per heavy atom. The molecule has 1 heterocycles. The first-order chi connectivity index (χ1) is 15.1. The van der Waals surface area contributed by atoms with E-state index in [1.165, 1.54) is 4.90 Å². The minimum Gasteiger partial charge on any atom is -0.324 e. The molecular weight excluding hydrogens is 402 g/mol. The molecule has 0 aromatic heterocycles. The highest BCUT2D eigenvalue weighted by atomic mass is 16.2. The molecule has 0 atom stereocenters. The van der Waals surface area contributed by atoms with E-state index in [1.807, 2.05) is 18.2 Å². The van der Waals surface area contributed by atoms with Gasteiger partial charge in [0.2, 0.25) is 5.91 Å². The quantitative estimate of drug-likeness (QED) is 0.569. The summed E-state index contributed by atoms with van der Waals surface area (Å²) >= 11 is 0. The molecule has 176 valence electrons. The molecule has 0 radical (unpaired) electrons. The minimum atomic E-state index is -0.765. The number of nitrogens with one attached hydrogen (secondary N) is 1. The lowest BCUT2D eigenvalue weighted by molar-refractivity contribution is -0.136. The summed E-state index contributed by atoms with van der Waals surface area (Å²) in [5.41, 5.74) is 2.18. The second-order valence-corrected chi connectivity index (χ2v) is 10.4. The van der Waals surface area contributed by atoms with E-state index >= 15 is 0 Å². The van der Waals surface area contributed by atoms with Crippen molar-refractivity contribution in [1.82, 2.24) is 9.80 Å². The fraction of sp³-hybridized carbons (Fsp3) is 0.654. The fourth-order valence-corrected chi connectivity index (χ4v) is 5.18. The molecule has 2 aliphatic rings. The third-order valence-electron chi connectivity index (χ3n) is 6.79. The number of para-hydroxylation sites is 1. The largest absolute Gasteiger partial charge is 0.328 e. The number of carbonyl (C=O) groups is 3. The third kappa shape index (κ3) is 4.55. The van der Waals surface area contributed by atoms with Crippen LogP contribution < -0.4 is 5.32 Å². The van der Waals surface area contributed by atoms with Crippen molar-refractivity contribution in [3.8, 4) is 0 Å². The van der Waals surface area contributed by atoms with Gasteiger partial charge in [-0.25, -0.2) is 4.79 Å². The molecule has 6 heteroatoms. The maximum absolute atomic E-state index is 13.5. The second-order valence-electron chi connectivity index (χ2n) is 10.4. The maximum Gasteiger partial charge on any atom is 0.328 e. The van der Waals surface area contributed by atoms with Gasteiger partial charge in [-0.3, -0.25) is 14.5 Å². The summed E-state index contributed by atoms with van der Waals surface area (Å²) < 4.78 is 0. The van der Waals surface area contributed by atoms with Gasteiger partial charge in [0.05, 0.1) is 0 Å². The maximum atomic E-state index is 13.5. The van der Waals surface area contributed by atoms with Crippen molar-refractivity contribution in [2.24, 2.45) is 5.92 Å². The monoisotopic (exact) mass is 441 g/mol. The van der Waals surface area contributed by atoms with Crippen molar-refractivity contribution >= 4 is 23.5 Å².